The Hall–Kier alpha value is -3.75. The first-order valence-electron chi connectivity index (χ1n) is 26.7. The standard InChI is InChI=1S/C53H88N8O14/c1-14-42-53(10,68)46(64)35(6)59(12)27-31(2)25-51(8,67)48(33(4)45(34(5)49(66)73-42)74-43-26-52(9,69-13)47(65)36(7)72-43)75-50-44(63)41(24-32(3)71-50)58(11)22-20-37-28-60(56-54-37)21-15-23-70-40-18-16-39(17-19-40)61-29-38(30-62)55-57-61/h16-19,28-29,31-36,41-48,50,62-65,67-68H,14-15,20-27,30H2,1-13H3/t31-,32-,33+,34-,35-,36+,41+,42-,43+,44-,45+,46-,47+,48-,50+,51-,52-,53-/m1/s1. The van der Waals surface area contributed by atoms with Crippen LogP contribution in [0.3, 0.4) is 0 Å². The Kier molecular flexibility index (Phi) is 20.8. The molecule has 0 spiro atoms. The zero-order valence-corrected chi connectivity index (χ0v) is 46.4. The number of aliphatic hydroxyl groups is 6. The third kappa shape index (κ3) is 14.7. The molecule has 0 amide bonds. The molecule has 0 saturated carbocycles. The maximum atomic E-state index is 14.5. The zero-order chi connectivity index (χ0) is 55.2. The molecular formula is C53H88N8O14. The van der Waals surface area contributed by atoms with Crippen molar-refractivity contribution in [3.8, 4) is 11.4 Å². The van der Waals surface area contributed by atoms with Gasteiger partial charge in [-0.15, -0.1) is 10.2 Å². The molecule has 2 aromatic heterocycles. The lowest BCUT2D eigenvalue weighted by Crippen LogP contribution is -2.61. The normalized spacial score (nSPS) is 38.0. The average molecular weight is 1060 g/mol. The largest absolute Gasteiger partial charge is 0.494 e. The van der Waals surface area contributed by atoms with Crippen molar-refractivity contribution in [3.63, 3.8) is 0 Å². The van der Waals surface area contributed by atoms with Crippen molar-refractivity contribution in [2.75, 3.05) is 40.9 Å². The number of cyclic esters (lactones) is 1. The number of aromatic nitrogens is 6. The third-order valence-corrected chi connectivity index (χ3v) is 16.0. The van der Waals surface area contributed by atoms with Gasteiger partial charge in [0.25, 0.3) is 0 Å². The molecule has 424 valence electrons. The number of nitrogens with zero attached hydrogens (tertiary/aromatic N) is 8. The highest BCUT2D eigenvalue weighted by Crippen LogP contribution is 2.40. The fraction of sp³-hybridized carbons (Fsp3) is 0.792. The lowest BCUT2D eigenvalue weighted by molar-refractivity contribution is -0.318. The number of hydrogen-bond donors (Lipinski definition) is 6. The van der Waals surface area contributed by atoms with Gasteiger partial charge >= 0.3 is 5.97 Å². The molecule has 22 heteroatoms. The summed E-state index contributed by atoms with van der Waals surface area (Å²) in [6.07, 6.45) is -4.28. The summed E-state index contributed by atoms with van der Waals surface area (Å²) in [5.41, 5.74) is -2.48. The van der Waals surface area contributed by atoms with Gasteiger partial charge in [-0.05, 0) is 112 Å². The second-order valence-electron chi connectivity index (χ2n) is 22.4. The van der Waals surface area contributed by atoms with Crippen molar-refractivity contribution in [2.24, 2.45) is 17.8 Å². The fourth-order valence-corrected chi connectivity index (χ4v) is 11.3. The summed E-state index contributed by atoms with van der Waals surface area (Å²) >= 11 is 0. The Morgan fingerprint density at radius 1 is 0.907 bits per heavy atom. The lowest BCUT2D eigenvalue weighted by Gasteiger charge is -2.49. The Bertz CT molecular complexity index is 2230. The molecule has 6 rings (SSSR count). The number of esters is 1. The predicted octanol–water partition coefficient (Wildman–Crippen LogP) is 2.65. The minimum atomic E-state index is -1.84. The molecule has 0 aliphatic carbocycles. The SMILES string of the molecule is CC[C@H]1OC(=O)[C@H](C)[C@@H](O[C@H]2C[C@@](C)(OC)[C@@H](O)[C@H](C)O2)[C@H](C)[C@@H](O[C@@H]2O[C@H](C)C[C@H](N(C)CCc3cn(CCCOc4ccc(-n5cc(CO)nn5)cc4)nn3)[C@H]2O)[C@](C)(O)C[C@@H](C)CN(C)[C@H](C)[C@@H](O)[C@]1(C)O. The Morgan fingerprint density at radius 3 is 2.25 bits per heavy atom. The van der Waals surface area contributed by atoms with Crippen LogP contribution in [0.5, 0.6) is 5.75 Å². The van der Waals surface area contributed by atoms with Gasteiger partial charge in [-0.3, -0.25) is 9.48 Å². The first-order chi connectivity index (χ1) is 35.3. The number of aliphatic hydroxyl groups excluding tert-OH is 4. The summed E-state index contributed by atoms with van der Waals surface area (Å²) in [7, 11) is 5.27. The van der Waals surface area contributed by atoms with Gasteiger partial charge in [-0.1, -0.05) is 31.2 Å². The van der Waals surface area contributed by atoms with E-state index in [1.807, 2.05) is 70.2 Å². The molecule has 18 atom stereocenters. The second-order valence-corrected chi connectivity index (χ2v) is 22.4. The van der Waals surface area contributed by atoms with Crippen molar-refractivity contribution in [1.29, 1.82) is 0 Å². The summed E-state index contributed by atoms with van der Waals surface area (Å²) < 4.78 is 47.7. The Labute approximate surface area is 442 Å². The van der Waals surface area contributed by atoms with Crippen LogP contribution >= 0.6 is 0 Å². The van der Waals surface area contributed by atoms with Crippen LogP contribution in [-0.4, -0.2) is 208 Å². The first kappa shape index (κ1) is 60.5. The molecule has 3 aliphatic heterocycles. The number of hydrogen-bond acceptors (Lipinski definition) is 20. The number of carbonyl (C=O) groups excluding carboxylic acids is 1. The molecule has 0 radical (unpaired) electrons. The molecule has 0 bridgehead atoms. The van der Waals surface area contributed by atoms with Gasteiger partial charge < -0.3 is 73.6 Å². The highest BCUT2D eigenvalue weighted by atomic mass is 16.7. The highest BCUT2D eigenvalue weighted by molar-refractivity contribution is 5.73. The van der Waals surface area contributed by atoms with Gasteiger partial charge in [0.05, 0.1) is 72.3 Å². The molecule has 3 aromatic rings. The van der Waals surface area contributed by atoms with Crippen LogP contribution in [0, 0.1) is 17.8 Å². The summed E-state index contributed by atoms with van der Waals surface area (Å²) in [6.45, 7) is 19.4. The van der Waals surface area contributed by atoms with Crippen LogP contribution in [0.4, 0.5) is 0 Å². The van der Waals surface area contributed by atoms with Crippen LogP contribution in [0.2, 0.25) is 0 Å². The van der Waals surface area contributed by atoms with Crippen molar-refractivity contribution in [1.82, 2.24) is 39.8 Å². The van der Waals surface area contributed by atoms with Crippen molar-refractivity contribution in [2.45, 2.75) is 211 Å². The van der Waals surface area contributed by atoms with E-state index < -0.39 is 102 Å². The summed E-state index contributed by atoms with van der Waals surface area (Å²) in [4.78, 5) is 18.5. The smallest absolute Gasteiger partial charge is 0.311 e. The first-order valence-corrected chi connectivity index (χ1v) is 26.7. The Balaban J connectivity index is 1.17. The molecule has 1 aromatic carbocycles. The Morgan fingerprint density at radius 2 is 1.60 bits per heavy atom. The number of benzene rings is 1. The minimum absolute atomic E-state index is 0.0980. The van der Waals surface area contributed by atoms with Crippen molar-refractivity contribution >= 4 is 5.97 Å². The molecule has 0 unspecified atom stereocenters. The molecular weight excluding hydrogens is 973 g/mol. The number of rotatable bonds is 17. The monoisotopic (exact) mass is 1060 g/mol. The van der Waals surface area contributed by atoms with E-state index in [-0.39, 0.29) is 37.9 Å². The topological polar surface area (TPSA) is 271 Å². The second kappa shape index (κ2) is 25.8. The molecule has 3 saturated heterocycles. The molecule has 22 nitrogen and oxygen atoms in total. The number of ether oxygens (including phenoxy) is 7. The summed E-state index contributed by atoms with van der Waals surface area (Å²) in [5.74, 6) is -2.09. The molecule has 5 heterocycles. The van der Waals surface area contributed by atoms with Gasteiger partial charge in [-0.2, -0.15) is 0 Å². The zero-order valence-electron chi connectivity index (χ0n) is 46.4. The lowest BCUT2D eigenvalue weighted by atomic mass is 9.77. The highest BCUT2D eigenvalue weighted by Gasteiger charge is 2.53. The summed E-state index contributed by atoms with van der Waals surface area (Å²) in [5, 5.41) is 85.7. The number of likely N-dealkylation sites (N-methyl/N-ethyl adjacent to an activating group) is 2. The van der Waals surface area contributed by atoms with Crippen LogP contribution in [-0.2, 0) is 52.8 Å². The average Bonchev–Trinajstić information content (AvgIpc) is 4.06. The molecule has 6 N–H and O–H groups in total. The third-order valence-electron chi connectivity index (χ3n) is 16.0. The van der Waals surface area contributed by atoms with Crippen LogP contribution in [0.1, 0.15) is 113 Å². The van der Waals surface area contributed by atoms with Crippen LogP contribution in [0.15, 0.2) is 36.7 Å². The van der Waals surface area contributed by atoms with Crippen molar-refractivity contribution < 1.29 is 68.6 Å². The van der Waals surface area contributed by atoms with Gasteiger partial charge in [-0.25, -0.2) is 4.68 Å². The maximum Gasteiger partial charge on any atom is 0.311 e. The van der Waals surface area contributed by atoms with E-state index in [1.54, 1.807) is 57.1 Å². The van der Waals surface area contributed by atoms with E-state index in [9.17, 15) is 35.4 Å². The van der Waals surface area contributed by atoms with Crippen molar-refractivity contribution in [3.05, 3.63) is 48.0 Å². The van der Waals surface area contributed by atoms with Crippen LogP contribution in [0.25, 0.3) is 5.69 Å². The van der Waals surface area contributed by atoms with Gasteiger partial charge in [0, 0.05) is 70.2 Å². The molecule has 3 aliphatic rings. The van der Waals surface area contributed by atoms with Gasteiger partial charge in [0.2, 0.25) is 0 Å². The van der Waals surface area contributed by atoms with Crippen LogP contribution < -0.4 is 4.74 Å². The summed E-state index contributed by atoms with van der Waals surface area (Å²) in [6, 6.07) is 6.44. The van der Waals surface area contributed by atoms with E-state index in [0.717, 1.165) is 11.4 Å². The minimum Gasteiger partial charge on any atom is -0.494 e. The van der Waals surface area contributed by atoms with E-state index in [1.165, 1.54) is 14.0 Å². The number of carbonyl (C=O) groups is 1. The number of aryl methyl sites for hydroxylation is 1. The molecule has 75 heavy (non-hydrogen) atoms. The number of methoxy groups -OCH3 is 1. The van der Waals surface area contributed by atoms with Gasteiger partial charge in [0.1, 0.15) is 41.5 Å². The molecule has 3 fully saturated rings. The quantitative estimate of drug-likeness (QED) is 0.0838. The maximum absolute atomic E-state index is 14.5. The van der Waals surface area contributed by atoms with E-state index in [0.29, 0.717) is 56.9 Å². The van der Waals surface area contributed by atoms with E-state index >= 15 is 0 Å². The van der Waals surface area contributed by atoms with E-state index in [2.05, 4.69) is 25.5 Å². The van der Waals surface area contributed by atoms with E-state index in [4.69, 9.17) is 33.2 Å². The van der Waals surface area contributed by atoms with Gasteiger partial charge in [0.15, 0.2) is 12.6 Å². The predicted molar refractivity (Wildman–Crippen MR) is 274 cm³/mol. The fourth-order valence-electron chi connectivity index (χ4n) is 11.3.